The largest absolute Gasteiger partial charge is 0.495 e. The second-order valence-corrected chi connectivity index (χ2v) is 6.60. The van der Waals surface area contributed by atoms with Gasteiger partial charge in [-0.05, 0) is 48.4 Å². The van der Waals surface area contributed by atoms with Crippen LogP contribution < -0.4 is 10.1 Å². The first-order valence-corrected chi connectivity index (χ1v) is 8.91. The van der Waals surface area contributed by atoms with Gasteiger partial charge in [-0.15, -0.1) is 0 Å². The Morgan fingerprint density at radius 1 is 1.14 bits per heavy atom. The number of hydrogen-bond acceptors (Lipinski definition) is 5. The lowest BCUT2D eigenvalue weighted by Gasteiger charge is -2.10. The molecule has 0 aliphatic rings. The fourth-order valence-electron chi connectivity index (χ4n) is 3.04. The van der Waals surface area contributed by atoms with Crippen LogP contribution in [0.25, 0.3) is 11.0 Å². The number of nitrogens with zero attached hydrogens (tertiary/aromatic N) is 4. The molecule has 0 atom stereocenters. The molecule has 142 valence electrons. The van der Waals surface area contributed by atoms with Crippen molar-refractivity contribution < 1.29 is 9.13 Å². The summed E-state index contributed by atoms with van der Waals surface area (Å²) in [6, 6.07) is 9.44. The maximum Gasteiger partial charge on any atom is 0.219 e. The SMILES string of the molecule is COc1cncc(CNc2ccc(Cn3ccc4cc(C)cnc43)c(F)n2)c1. The highest BCUT2D eigenvalue weighted by Gasteiger charge is 2.09. The Hall–Kier alpha value is -3.48. The van der Waals surface area contributed by atoms with Crippen LogP contribution in [-0.4, -0.2) is 26.6 Å². The standard InChI is InChI=1S/C21H20FN5O/c1-14-7-16-5-6-27(21(16)25-9-14)13-17-3-4-19(26-20(17)22)24-11-15-8-18(28-2)12-23-10-15/h3-10,12H,11,13H2,1-2H3,(H,24,26). The summed E-state index contributed by atoms with van der Waals surface area (Å²) >= 11 is 0. The molecule has 4 heterocycles. The van der Waals surface area contributed by atoms with Gasteiger partial charge in [0.15, 0.2) is 0 Å². The Morgan fingerprint density at radius 2 is 2.04 bits per heavy atom. The molecule has 0 radical (unpaired) electrons. The van der Waals surface area contributed by atoms with Crippen LogP contribution in [-0.2, 0) is 13.1 Å². The number of nitrogens with one attached hydrogen (secondary N) is 1. The number of methoxy groups -OCH3 is 1. The molecule has 0 bridgehead atoms. The highest BCUT2D eigenvalue weighted by molar-refractivity contribution is 5.76. The average molecular weight is 377 g/mol. The molecule has 0 aliphatic heterocycles. The van der Waals surface area contributed by atoms with Crippen molar-refractivity contribution in [1.82, 2.24) is 19.5 Å². The van der Waals surface area contributed by atoms with Crippen LogP contribution in [0.15, 0.2) is 55.1 Å². The van der Waals surface area contributed by atoms with Gasteiger partial charge in [-0.1, -0.05) is 0 Å². The zero-order chi connectivity index (χ0) is 19.5. The van der Waals surface area contributed by atoms with E-state index in [0.29, 0.717) is 30.2 Å². The van der Waals surface area contributed by atoms with E-state index in [1.54, 1.807) is 31.6 Å². The van der Waals surface area contributed by atoms with Crippen molar-refractivity contribution in [3.05, 3.63) is 77.8 Å². The molecule has 0 saturated carbocycles. The summed E-state index contributed by atoms with van der Waals surface area (Å²) in [4.78, 5) is 12.6. The minimum atomic E-state index is -0.497. The molecule has 6 nitrogen and oxygen atoms in total. The maximum absolute atomic E-state index is 14.5. The van der Waals surface area contributed by atoms with Crippen molar-refractivity contribution in [2.24, 2.45) is 0 Å². The van der Waals surface area contributed by atoms with Crippen LogP contribution in [0, 0.1) is 12.9 Å². The monoisotopic (exact) mass is 377 g/mol. The normalized spacial score (nSPS) is 11.0. The topological polar surface area (TPSA) is 64.9 Å². The molecule has 0 aliphatic carbocycles. The van der Waals surface area contributed by atoms with E-state index in [-0.39, 0.29) is 0 Å². The number of pyridine rings is 3. The number of aryl methyl sites for hydroxylation is 1. The first-order chi connectivity index (χ1) is 13.6. The van der Waals surface area contributed by atoms with Gasteiger partial charge in [-0.2, -0.15) is 4.39 Å². The number of fused-ring (bicyclic) bond motifs is 1. The molecule has 0 amide bonds. The zero-order valence-corrected chi connectivity index (χ0v) is 15.7. The van der Waals surface area contributed by atoms with Gasteiger partial charge in [0.2, 0.25) is 5.95 Å². The average Bonchev–Trinajstić information content (AvgIpc) is 3.10. The Labute approximate surface area is 162 Å². The third-order valence-electron chi connectivity index (χ3n) is 4.48. The highest BCUT2D eigenvalue weighted by atomic mass is 19.1. The second-order valence-electron chi connectivity index (χ2n) is 6.60. The Balaban J connectivity index is 1.48. The number of aromatic nitrogens is 4. The van der Waals surface area contributed by atoms with Gasteiger partial charge in [-0.3, -0.25) is 4.98 Å². The molecular weight excluding hydrogens is 357 g/mol. The zero-order valence-electron chi connectivity index (χ0n) is 15.7. The minimum absolute atomic E-state index is 0.373. The van der Waals surface area contributed by atoms with Crippen molar-refractivity contribution in [2.75, 3.05) is 12.4 Å². The van der Waals surface area contributed by atoms with Crippen LogP contribution >= 0.6 is 0 Å². The lowest BCUT2D eigenvalue weighted by molar-refractivity contribution is 0.412. The van der Waals surface area contributed by atoms with Crippen LogP contribution in [0.3, 0.4) is 0 Å². The first-order valence-electron chi connectivity index (χ1n) is 8.91. The van der Waals surface area contributed by atoms with Crippen molar-refractivity contribution in [2.45, 2.75) is 20.0 Å². The van der Waals surface area contributed by atoms with Gasteiger partial charge in [0.05, 0.1) is 19.9 Å². The van der Waals surface area contributed by atoms with Crippen molar-refractivity contribution >= 4 is 16.9 Å². The molecule has 0 aromatic carbocycles. The third-order valence-corrected chi connectivity index (χ3v) is 4.48. The summed E-state index contributed by atoms with van der Waals surface area (Å²) in [6.07, 6.45) is 7.09. The van der Waals surface area contributed by atoms with E-state index in [4.69, 9.17) is 4.74 Å². The fourth-order valence-corrected chi connectivity index (χ4v) is 3.04. The molecule has 28 heavy (non-hydrogen) atoms. The molecule has 1 N–H and O–H groups in total. The van der Waals surface area contributed by atoms with Crippen LogP contribution in [0.4, 0.5) is 10.2 Å². The number of halogens is 1. The van der Waals surface area contributed by atoms with Gasteiger partial charge in [0.25, 0.3) is 0 Å². The van der Waals surface area contributed by atoms with E-state index in [9.17, 15) is 4.39 Å². The van der Waals surface area contributed by atoms with Gasteiger partial charge in [0, 0.05) is 36.1 Å². The van der Waals surface area contributed by atoms with Crippen LogP contribution in [0.5, 0.6) is 5.75 Å². The van der Waals surface area contributed by atoms with Crippen LogP contribution in [0.1, 0.15) is 16.7 Å². The molecule has 0 fully saturated rings. The third kappa shape index (κ3) is 3.78. The summed E-state index contributed by atoms with van der Waals surface area (Å²) in [6.45, 7) is 2.85. The van der Waals surface area contributed by atoms with E-state index in [1.165, 1.54) is 0 Å². The molecular formula is C21H20FN5O. The lowest BCUT2D eigenvalue weighted by Crippen LogP contribution is -2.07. The number of hydrogen-bond donors (Lipinski definition) is 1. The second kappa shape index (κ2) is 7.64. The van der Waals surface area contributed by atoms with Crippen LogP contribution in [0.2, 0.25) is 0 Å². The van der Waals surface area contributed by atoms with E-state index in [2.05, 4.69) is 26.3 Å². The minimum Gasteiger partial charge on any atom is -0.495 e. The maximum atomic E-state index is 14.5. The van der Waals surface area contributed by atoms with Crippen molar-refractivity contribution in [3.63, 3.8) is 0 Å². The number of anilines is 1. The Morgan fingerprint density at radius 3 is 2.86 bits per heavy atom. The summed E-state index contributed by atoms with van der Waals surface area (Å²) in [7, 11) is 1.59. The Bertz CT molecular complexity index is 1120. The summed E-state index contributed by atoms with van der Waals surface area (Å²) in [5.74, 6) is 0.648. The molecule has 0 unspecified atom stereocenters. The van der Waals surface area contributed by atoms with Gasteiger partial charge >= 0.3 is 0 Å². The predicted octanol–water partition coefficient (Wildman–Crippen LogP) is 3.94. The van der Waals surface area contributed by atoms with E-state index >= 15 is 0 Å². The fraction of sp³-hybridized carbons (Fsp3) is 0.190. The molecule has 0 spiro atoms. The van der Waals surface area contributed by atoms with E-state index in [0.717, 1.165) is 22.2 Å². The van der Waals surface area contributed by atoms with E-state index < -0.39 is 5.95 Å². The van der Waals surface area contributed by atoms with Crippen molar-refractivity contribution in [1.29, 1.82) is 0 Å². The van der Waals surface area contributed by atoms with Gasteiger partial charge in [-0.25, -0.2) is 9.97 Å². The number of ether oxygens (including phenoxy) is 1. The summed E-state index contributed by atoms with van der Waals surface area (Å²) in [5, 5.41) is 4.15. The smallest absolute Gasteiger partial charge is 0.219 e. The van der Waals surface area contributed by atoms with Gasteiger partial charge < -0.3 is 14.6 Å². The lowest BCUT2D eigenvalue weighted by atomic mass is 10.2. The molecule has 4 rings (SSSR count). The Kier molecular flexibility index (Phi) is 4.89. The summed E-state index contributed by atoms with van der Waals surface area (Å²) in [5.41, 5.74) is 3.36. The first kappa shape index (κ1) is 17.9. The summed E-state index contributed by atoms with van der Waals surface area (Å²) < 4.78 is 21.6. The molecule has 4 aromatic rings. The van der Waals surface area contributed by atoms with Gasteiger partial charge in [0.1, 0.15) is 17.2 Å². The van der Waals surface area contributed by atoms with E-state index in [1.807, 2.05) is 36.0 Å². The predicted molar refractivity (Wildman–Crippen MR) is 106 cm³/mol. The highest BCUT2D eigenvalue weighted by Crippen LogP contribution is 2.18. The quantitative estimate of drug-likeness (QED) is 0.516. The molecule has 0 saturated heterocycles. The number of rotatable bonds is 6. The molecule has 7 heteroatoms. The molecule has 4 aromatic heterocycles. The van der Waals surface area contributed by atoms with Crippen molar-refractivity contribution in [3.8, 4) is 5.75 Å².